The molecule has 0 saturated carbocycles. The van der Waals surface area contributed by atoms with Crippen LogP contribution in [-0.4, -0.2) is 45.3 Å². The van der Waals surface area contributed by atoms with Gasteiger partial charge in [0.2, 0.25) is 11.7 Å². The summed E-state index contributed by atoms with van der Waals surface area (Å²) in [6, 6.07) is 6.77. The van der Waals surface area contributed by atoms with Crippen molar-refractivity contribution >= 4 is 11.9 Å². The number of tetrazole rings is 1. The molecule has 9 nitrogen and oxygen atoms in total. The first-order valence-electron chi connectivity index (χ1n) is 6.53. The van der Waals surface area contributed by atoms with Crippen molar-refractivity contribution in [3.63, 3.8) is 0 Å². The van der Waals surface area contributed by atoms with Gasteiger partial charge in [0.05, 0.1) is 6.61 Å². The first-order valence-corrected chi connectivity index (χ1v) is 6.53. The number of carbonyl (C=O) groups is 2. The number of carbonyl (C=O) groups excluding carboxylic acids is 2. The van der Waals surface area contributed by atoms with Crippen LogP contribution in [0.3, 0.4) is 0 Å². The van der Waals surface area contributed by atoms with Gasteiger partial charge >= 0.3 is 5.97 Å². The zero-order valence-electron chi connectivity index (χ0n) is 11.9. The zero-order chi connectivity index (χ0) is 15.9. The molecule has 2 rings (SSSR count). The van der Waals surface area contributed by atoms with E-state index in [1.165, 1.54) is 0 Å². The number of ether oxygens (including phenoxy) is 2. The average Bonchev–Trinajstić information content (AvgIpc) is 2.93. The lowest BCUT2D eigenvalue weighted by molar-refractivity contribution is -0.145. The molecule has 2 aromatic rings. The minimum atomic E-state index is -0.549. The van der Waals surface area contributed by atoms with Crippen LogP contribution in [0.15, 0.2) is 24.3 Å². The van der Waals surface area contributed by atoms with Gasteiger partial charge in [0.15, 0.2) is 6.61 Å². The lowest BCUT2D eigenvalue weighted by Crippen LogP contribution is -2.20. The Morgan fingerprint density at radius 1 is 1.27 bits per heavy atom. The highest BCUT2D eigenvalue weighted by Gasteiger charge is 2.08. The summed E-state index contributed by atoms with van der Waals surface area (Å²) >= 11 is 0. The number of esters is 1. The molecule has 0 bridgehead atoms. The molecule has 1 heterocycles. The first-order chi connectivity index (χ1) is 10.6. The number of benzene rings is 1. The molecule has 0 aliphatic heterocycles. The maximum absolute atomic E-state index is 11.2. The highest BCUT2D eigenvalue weighted by atomic mass is 16.6. The summed E-state index contributed by atoms with van der Waals surface area (Å²) in [6.07, 6.45) is 0. The van der Waals surface area contributed by atoms with E-state index < -0.39 is 11.9 Å². The molecule has 116 valence electrons. The minimum absolute atomic E-state index is 0.131. The van der Waals surface area contributed by atoms with Gasteiger partial charge in [-0.25, -0.2) is 4.79 Å². The van der Waals surface area contributed by atoms with Gasteiger partial charge in [-0.15, -0.1) is 10.2 Å². The number of primary amides is 1. The third-order valence-electron chi connectivity index (χ3n) is 2.52. The molecule has 0 aliphatic carbocycles. The Kier molecular flexibility index (Phi) is 5.02. The second-order valence-corrected chi connectivity index (χ2v) is 4.23. The van der Waals surface area contributed by atoms with Gasteiger partial charge in [-0.1, -0.05) is 0 Å². The molecule has 0 fully saturated rings. The van der Waals surface area contributed by atoms with Crippen LogP contribution >= 0.6 is 0 Å². The molecule has 1 aromatic carbocycles. The fraction of sp³-hybridized carbons (Fsp3) is 0.308. The molecule has 0 unspecified atom stereocenters. The van der Waals surface area contributed by atoms with Crippen molar-refractivity contribution in [3.8, 4) is 17.1 Å². The van der Waals surface area contributed by atoms with Crippen LogP contribution in [0.4, 0.5) is 0 Å². The van der Waals surface area contributed by atoms with Crippen molar-refractivity contribution in [2.75, 3.05) is 13.2 Å². The van der Waals surface area contributed by atoms with Crippen LogP contribution in [0, 0.1) is 0 Å². The van der Waals surface area contributed by atoms with Crippen molar-refractivity contribution in [1.82, 2.24) is 20.2 Å². The molecular formula is C13H15N5O4. The van der Waals surface area contributed by atoms with E-state index in [1.54, 1.807) is 31.2 Å². The number of nitrogens with zero attached hydrogens (tertiary/aromatic N) is 4. The first kappa shape index (κ1) is 15.4. The van der Waals surface area contributed by atoms with E-state index in [4.69, 9.17) is 15.2 Å². The molecule has 22 heavy (non-hydrogen) atoms. The number of hydrogen-bond donors (Lipinski definition) is 1. The standard InChI is InChI=1S/C13H15N5O4/c1-2-21-12(20)8-22-10-5-3-9(4-6-10)13-15-17-18(16-13)7-11(14)19/h3-6H,2,7-8H2,1H3,(H2,14,19). The third kappa shape index (κ3) is 4.27. The highest BCUT2D eigenvalue weighted by molar-refractivity contribution is 5.73. The van der Waals surface area contributed by atoms with Crippen molar-refractivity contribution in [2.45, 2.75) is 13.5 Å². The molecule has 0 radical (unpaired) electrons. The quantitative estimate of drug-likeness (QED) is 0.701. The predicted octanol–water partition coefficient (Wildman–Crippen LogP) is -0.233. The summed E-state index contributed by atoms with van der Waals surface area (Å²) in [5, 5.41) is 11.6. The molecule has 1 aromatic heterocycles. The van der Waals surface area contributed by atoms with Crippen LogP contribution in [0.1, 0.15) is 6.92 Å². The smallest absolute Gasteiger partial charge is 0.344 e. The summed E-state index contributed by atoms with van der Waals surface area (Å²) in [5.41, 5.74) is 5.74. The lowest BCUT2D eigenvalue weighted by Gasteiger charge is -2.05. The Bertz CT molecular complexity index is 653. The van der Waals surface area contributed by atoms with Gasteiger partial charge in [-0.3, -0.25) is 4.79 Å². The number of hydrogen-bond acceptors (Lipinski definition) is 7. The Hall–Kier alpha value is -2.97. The largest absolute Gasteiger partial charge is 0.482 e. The number of rotatable bonds is 7. The van der Waals surface area contributed by atoms with E-state index in [-0.39, 0.29) is 13.2 Å². The van der Waals surface area contributed by atoms with Crippen LogP contribution in [0.5, 0.6) is 5.75 Å². The summed E-state index contributed by atoms with van der Waals surface area (Å²) in [4.78, 5) is 23.1. The normalized spacial score (nSPS) is 10.2. The highest BCUT2D eigenvalue weighted by Crippen LogP contribution is 2.18. The Morgan fingerprint density at radius 3 is 2.64 bits per heavy atom. The van der Waals surface area contributed by atoms with E-state index in [1.807, 2.05) is 0 Å². The monoisotopic (exact) mass is 305 g/mol. The third-order valence-corrected chi connectivity index (χ3v) is 2.52. The number of aromatic nitrogens is 4. The lowest BCUT2D eigenvalue weighted by atomic mass is 10.2. The van der Waals surface area contributed by atoms with E-state index >= 15 is 0 Å². The second kappa shape index (κ2) is 7.16. The molecule has 2 N–H and O–H groups in total. The molecular weight excluding hydrogens is 290 g/mol. The summed E-state index contributed by atoms with van der Waals surface area (Å²) < 4.78 is 10.0. The van der Waals surface area contributed by atoms with Crippen molar-refractivity contribution in [2.24, 2.45) is 5.73 Å². The summed E-state index contributed by atoms with van der Waals surface area (Å²) in [5.74, 6) is -0.103. The van der Waals surface area contributed by atoms with Gasteiger partial charge in [0.25, 0.3) is 0 Å². The van der Waals surface area contributed by atoms with Gasteiger partial charge in [0, 0.05) is 5.56 Å². The van der Waals surface area contributed by atoms with Crippen molar-refractivity contribution < 1.29 is 19.1 Å². The second-order valence-electron chi connectivity index (χ2n) is 4.23. The topological polar surface area (TPSA) is 122 Å². The van der Waals surface area contributed by atoms with E-state index in [9.17, 15) is 9.59 Å². The average molecular weight is 305 g/mol. The Balaban J connectivity index is 1.98. The predicted molar refractivity (Wildman–Crippen MR) is 74.6 cm³/mol. The van der Waals surface area contributed by atoms with Crippen molar-refractivity contribution in [1.29, 1.82) is 0 Å². The molecule has 0 atom stereocenters. The van der Waals surface area contributed by atoms with Crippen molar-refractivity contribution in [3.05, 3.63) is 24.3 Å². The Morgan fingerprint density at radius 2 is 2.00 bits per heavy atom. The number of amides is 1. The number of nitrogens with two attached hydrogens (primary N) is 1. The Labute approximate surface area is 126 Å². The van der Waals surface area contributed by atoms with Crippen LogP contribution in [-0.2, 0) is 20.9 Å². The molecule has 9 heteroatoms. The van der Waals surface area contributed by atoms with E-state index in [0.717, 1.165) is 4.80 Å². The molecule has 1 amide bonds. The molecule has 0 saturated heterocycles. The van der Waals surface area contributed by atoms with Crippen LogP contribution < -0.4 is 10.5 Å². The fourth-order valence-corrected chi connectivity index (χ4v) is 1.61. The van der Waals surface area contributed by atoms with Crippen LogP contribution in [0.25, 0.3) is 11.4 Å². The minimum Gasteiger partial charge on any atom is -0.482 e. The summed E-state index contributed by atoms with van der Waals surface area (Å²) in [6.45, 7) is 1.76. The van der Waals surface area contributed by atoms with Gasteiger partial charge in [-0.05, 0) is 36.4 Å². The van der Waals surface area contributed by atoms with E-state index in [2.05, 4.69) is 15.4 Å². The molecule has 0 spiro atoms. The maximum atomic E-state index is 11.2. The summed E-state index contributed by atoms with van der Waals surface area (Å²) in [7, 11) is 0. The zero-order valence-corrected chi connectivity index (χ0v) is 11.9. The SMILES string of the molecule is CCOC(=O)COc1ccc(-c2nnn(CC(N)=O)n2)cc1. The molecule has 0 aliphatic rings. The van der Waals surface area contributed by atoms with E-state index in [0.29, 0.717) is 23.7 Å². The van der Waals surface area contributed by atoms with Gasteiger partial charge in [-0.2, -0.15) is 4.80 Å². The maximum Gasteiger partial charge on any atom is 0.344 e. The van der Waals surface area contributed by atoms with Gasteiger partial charge in [0.1, 0.15) is 12.3 Å². The van der Waals surface area contributed by atoms with Crippen LogP contribution in [0.2, 0.25) is 0 Å². The fourth-order valence-electron chi connectivity index (χ4n) is 1.61. The van der Waals surface area contributed by atoms with Gasteiger partial charge < -0.3 is 15.2 Å².